The molecule has 6 aromatic rings. The molecule has 0 amide bonds. The average molecular weight is 600 g/mol. The van der Waals surface area contributed by atoms with Gasteiger partial charge in [0.1, 0.15) is 28.3 Å². The number of aromatic nitrogens is 1. The minimum absolute atomic E-state index is 0.0268. The second-order valence-electron chi connectivity index (χ2n) is 12.0. The molecule has 45 heavy (non-hydrogen) atoms. The Bertz CT molecular complexity index is 2370. The van der Waals surface area contributed by atoms with Crippen molar-refractivity contribution in [3.8, 4) is 34.1 Å². The van der Waals surface area contributed by atoms with Gasteiger partial charge in [0.15, 0.2) is 7.14 Å². The van der Waals surface area contributed by atoms with E-state index in [2.05, 4.69) is 102 Å². The molecule has 3 unspecified atom stereocenters. The summed E-state index contributed by atoms with van der Waals surface area (Å²) in [5.41, 5.74) is 5.42. The Morgan fingerprint density at radius 2 is 1.29 bits per heavy atom. The number of fused-ring (bicyclic) bond motifs is 8. The summed E-state index contributed by atoms with van der Waals surface area (Å²) in [5.74, 6) is 2.66. The molecule has 4 aliphatic rings. The summed E-state index contributed by atoms with van der Waals surface area (Å²) in [4.78, 5) is 0. The lowest BCUT2D eigenvalue weighted by Gasteiger charge is -2.41. The fourth-order valence-electron chi connectivity index (χ4n) is 7.61. The van der Waals surface area contributed by atoms with E-state index in [4.69, 9.17) is 9.47 Å². The van der Waals surface area contributed by atoms with Gasteiger partial charge in [-0.3, -0.25) is 0 Å². The number of rotatable bonds is 2. The molecule has 4 nitrogen and oxygen atoms in total. The minimum atomic E-state index is -3.26. The summed E-state index contributed by atoms with van der Waals surface area (Å²) in [6, 6.07) is 37.5. The van der Waals surface area contributed by atoms with E-state index in [1.807, 2.05) is 48.6 Å². The Morgan fingerprint density at radius 3 is 2.07 bits per heavy atom. The molecule has 0 spiro atoms. The van der Waals surface area contributed by atoms with Crippen LogP contribution in [0.5, 0.6) is 17.2 Å². The minimum Gasteiger partial charge on any atom is -0.456 e. The van der Waals surface area contributed by atoms with Gasteiger partial charge in [0.2, 0.25) is 0 Å². The van der Waals surface area contributed by atoms with Gasteiger partial charge in [0, 0.05) is 33.6 Å². The van der Waals surface area contributed by atoms with Crippen molar-refractivity contribution < 1.29 is 14.0 Å². The highest BCUT2D eigenvalue weighted by atomic mass is 31.2. The van der Waals surface area contributed by atoms with Crippen LogP contribution in [0.1, 0.15) is 0 Å². The van der Waals surface area contributed by atoms with Gasteiger partial charge >= 0.3 is 0 Å². The Balaban J connectivity index is 1.13. The molecule has 5 heteroatoms. The van der Waals surface area contributed by atoms with Gasteiger partial charge in [0.25, 0.3) is 0 Å². The first-order chi connectivity index (χ1) is 22.2. The van der Waals surface area contributed by atoms with Crippen LogP contribution in [0.15, 0.2) is 157 Å². The molecule has 0 saturated carbocycles. The summed E-state index contributed by atoms with van der Waals surface area (Å²) in [6.07, 6.45) is 12.6. The zero-order valence-corrected chi connectivity index (χ0v) is 25.0. The first-order valence-corrected chi connectivity index (χ1v) is 17.0. The molecule has 3 heterocycles. The lowest BCUT2D eigenvalue weighted by atomic mass is 9.84. The number of ether oxygens (including phenoxy) is 2. The van der Waals surface area contributed by atoms with Gasteiger partial charge in [-0.1, -0.05) is 91.0 Å². The molecule has 214 valence electrons. The van der Waals surface area contributed by atoms with Gasteiger partial charge in [-0.05, 0) is 65.7 Å². The van der Waals surface area contributed by atoms with E-state index >= 15 is 4.57 Å². The normalized spacial score (nSPS) is 22.0. The predicted molar refractivity (Wildman–Crippen MR) is 182 cm³/mol. The van der Waals surface area contributed by atoms with Gasteiger partial charge in [-0.25, -0.2) is 0 Å². The highest BCUT2D eigenvalue weighted by Crippen LogP contribution is 2.67. The highest BCUT2D eigenvalue weighted by Gasteiger charge is 2.51. The largest absolute Gasteiger partial charge is 0.456 e. The third kappa shape index (κ3) is 3.40. The topological polar surface area (TPSA) is 40.5 Å². The predicted octanol–water partition coefficient (Wildman–Crippen LogP) is 9.40. The molecule has 0 fully saturated rings. The summed E-state index contributed by atoms with van der Waals surface area (Å²) in [5, 5.41) is 4.75. The molecular weight excluding hydrogens is 573 g/mol. The van der Waals surface area contributed by atoms with Crippen molar-refractivity contribution in [1.82, 2.24) is 4.57 Å². The van der Waals surface area contributed by atoms with Crippen LogP contribution in [0.4, 0.5) is 0 Å². The molecule has 1 aromatic heterocycles. The number of nitrogens with zero attached hydrogens (tertiary/aromatic N) is 1. The summed E-state index contributed by atoms with van der Waals surface area (Å²) < 4.78 is 31.1. The van der Waals surface area contributed by atoms with Crippen LogP contribution in [0.3, 0.4) is 0 Å². The van der Waals surface area contributed by atoms with Crippen molar-refractivity contribution in [2.24, 2.45) is 11.8 Å². The second-order valence-corrected chi connectivity index (χ2v) is 14.6. The smallest absolute Gasteiger partial charge is 0.182 e. The standard InChI is InChI=1S/C40H26NO3P/c42-45-38-16-8-7-15-34(38)43-36-23-27(24-37(40(36)45)44-35-22-19-26-9-1-2-10-29(26)39(35)45)25-17-20-28(21-18-25)41-32-13-5-3-11-30(32)31-12-4-6-14-33(31)41/h1-24,26,29H. The molecule has 5 aromatic carbocycles. The van der Waals surface area contributed by atoms with Crippen molar-refractivity contribution in [1.29, 1.82) is 0 Å². The van der Waals surface area contributed by atoms with Crippen LogP contribution in [-0.4, -0.2) is 4.57 Å². The molecule has 0 N–H and O–H groups in total. The zero-order valence-electron chi connectivity index (χ0n) is 24.1. The molecule has 10 rings (SSSR count). The summed E-state index contributed by atoms with van der Waals surface area (Å²) in [6.45, 7) is 0. The third-order valence-electron chi connectivity index (χ3n) is 9.59. The van der Waals surface area contributed by atoms with Gasteiger partial charge in [0.05, 0.1) is 16.3 Å². The van der Waals surface area contributed by atoms with Gasteiger partial charge in [-0.15, -0.1) is 0 Å². The molecule has 0 radical (unpaired) electrons. The van der Waals surface area contributed by atoms with Crippen LogP contribution in [-0.2, 0) is 4.57 Å². The van der Waals surface area contributed by atoms with Crippen molar-refractivity contribution in [3.05, 3.63) is 157 Å². The number of para-hydroxylation sites is 3. The molecular formula is C40H26NO3P. The SMILES string of the molecule is O=P12C3=C(C=CC4C=CC=CC34)Oc3cc(-c4ccc(-n5c6ccccc6c6ccccc65)cc4)cc(c31)Oc1ccccc12. The maximum absolute atomic E-state index is 15.7. The number of allylic oxidation sites excluding steroid dienone is 7. The Hall–Kier alpha value is -5.31. The monoisotopic (exact) mass is 599 g/mol. The Kier molecular flexibility index (Phi) is 5.07. The van der Waals surface area contributed by atoms with E-state index < -0.39 is 7.14 Å². The van der Waals surface area contributed by atoms with E-state index in [-0.39, 0.29) is 11.8 Å². The number of benzene rings is 5. The van der Waals surface area contributed by atoms with E-state index in [0.29, 0.717) is 28.3 Å². The lowest BCUT2D eigenvalue weighted by Crippen LogP contribution is -2.34. The first kappa shape index (κ1) is 25.1. The maximum Gasteiger partial charge on any atom is 0.182 e. The maximum atomic E-state index is 15.7. The number of hydrogen-bond donors (Lipinski definition) is 0. The van der Waals surface area contributed by atoms with Crippen LogP contribution in [0.25, 0.3) is 38.6 Å². The van der Waals surface area contributed by atoms with Crippen LogP contribution >= 0.6 is 7.14 Å². The van der Waals surface area contributed by atoms with E-state index in [0.717, 1.165) is 27.4 Å². The Labute approximate surface area is 260 Å². The fraction of sp³-hybridized carbons (Fsp3) is 0.0500. The van der Waals surface area contributed by atoms with Gasteiger partial charge in [-0.2, -0.15) is 0 Å². The van der Waals surface area contributed by atoms with Crippen LogP contribution in [0, 0.1) is 11.8 Å². The quantitative estimate of drug-likeness (QED) is 0.186. The van der Waals surface area contributed by atoms with Crippen molar-refractivity contribution in [2.45, 2.75) is 0 Å². The fourth-order valence-corrected chi connectivity index (χ4v) is 11.0. The summed E-state index contributed by atoms with van der Waals surface area (Å²) in [7, 11) is -3.26. The zero-order chi connectivity index (χ0) is 29.7. The second kappa shape index (κ2) is 9.11. The average Bonchev–Trinajstić information content (AvgIpc) is 3.42. The first-order valence-electron chi connectivity index (χ1n) is 15.3. The van der Waals surface area contributed by atoms with Crippen molar-refractivity contribution in [2.75, 3.05) is 0 Å². The number of hydrogen-bond acceptors (Lipinski definition) is 3. The van der Waals surface area contributed by atoms with E-state index in [1.54, 1.807) is 0 Å². The highest BCUT2D eigenvalue weighted by molar-refractivity contribution is 7.83. The van der Waals surface area contributed by atoms with Crippen LogP contribution in [0.2, 0.25) is 0 Å². The van der Waals surface area contributed by atoms with Crippen LogP contribution < -0.4 is 20.1 Å². The Morgan fingerprint density at radius 1 is 0.622 bits per heavy atom. The molecule has 2 aliphatic heterocycles. The van der Waals surface area contributed by atoms with Crippen molar-refractivity contribution in [3.63, 3.8) is 0 Å². The van der Waals surface area contributed by atoms with Gasteiger partial charge < -0.3 is 18.6 Å². The molecule has 0 saturated heterocycles. The molecule has 2 aliphatic carbocycles. The van der Waals surface area contributed by atoms with E-state index in [9.17, 15) is 0 Å². The summed E-state index contributed by atoms with van der Waals surface area (Å²) >= 11 is 0. The lowest BCUT2D eigenvalue weighted by molar-refractivity contribution is 0.414. The third-order valence-corrected chi connectivity index (χ3v) is 12.9. The molecule has 3 atom stereocenters. The van der Waals surface area contributed by atoms with Crippen molar-refractivity contribution >= 4 is 39.6 Å². The molecule has 0 bridgehead atoms. The van der Waals surface area contributed by atoms with E-state index in [1.165, 1.54) is 21.8 Å².